The molecule has 0 saturated carbocycles. The molecule has 0 radical (unpaired) electrons. The SMILES string of the molecule is COc1ccc(C(C)N2C(=O)[C@H](OC(C)=O)[C@@H]2c2cncs2)cc1. The minimum atomic E-state index is -0.774. The van der Waals surface area contributed by atoms with Crippen LogP contribution in [0.2, 0.25) is 0 Å². The van der Waals surface area contributed by atoms with E-state index in [0.717, 1.165) is 16.2 Å². The van der Waals surface area contributed by atoms with Gasteiger partial charge in [0.2, 0.25) is 6.10 Å². The summed E-state index contributed by atoms with van der Waals surface area (Å²) in [6.45, 7) is 3.27. The molecule has 1 aromatic heterocycles. The standard InChI is InChI=1S/C17H18N2O4S/c1-10(12-4-6-13(22-3)7-5-12)19-15(14-8-18-9-24-14)16(17(19)21)23-11(2)20/h4-10,15-16H,1-3H3/t10?,15-,16+/m0/s1. The van der Waals surface area contributed by atoms with Crippen molar-refractivity contribution in [1.29, 1.82) is 0 Å². The lowest BCUT2D eigenvalue weighted by Crippen LogP contribution is -2.60. The molecule has 6 nitrogen and oxygen atoms in total. The molecule has 1 aliphatic rings. The van der Waals surface area contributed by atoms with Crippen LogP contribution in [0.25, 0.3) is 0 Å². The number of aromatic nitrogens is 1. The highest BCUT2D eigenvalue weighted by Gasteiger charge is 2.53. The molecule has 126 valence electrons. The van der Waals surface area contributed by atoms with E-state index in [1.807, 2.05) is 31.2 Å². The molecule has 7 heteroatoms. The Labute approximate surface area is 144 Å². The van der Waals surface area contributed by atoms with Crippen LogP contribution >= 0.6 is 11.3 Å². The highest BCUT2D eigenvalue weighted by molar-refractivity contribution is 7.09. The third-order valence-corrected chi connectivity index (χ3v) is 4.98. The largest absolute Gasteiger partial charge is 0.497 e. The van der Waals surface area contributed by atoms with E-state index < -0.39 is 12.1 Å². The zero-order chi connectivity index (χ0) is 17.3. The van der Waals surface area contributed by atoms with Gasteiger partial charge in [0, 0.05) is 13.1 Å². The molecule has 1 saturated heterocycles. The first-order valence-corrected chi connectivity index (χ1v) is 8.42. The van der Waals surface area contributed by atoms with Crippen LogP contribution in [-0.2, 0) is 14.3 Å². The number of carbonyl (C=O) groups is 2. The fraction of sp³-hybridized carbons (Fsp3) is 0.353. The molecule has 0 aliphatic carbocycles. The molecule has 1 amide bonds. The van der Waals surface area contributed by atoms with Gasteiger partial charge in [-0.3, -0.25) is 14.6 Å². The summed E-state index contributed by atoms with van der Waals surface area (Å²) >= 11 is 1.45. The number of ether oxygens (including phenoxy) is 2. The average Bonchev–Trinajstić information content (AvgIpc) is 3.10. The average molecular weight is 346 g/mol. The monoisotopic (exact) mass is 346 g/mol. The molecule has 1 unspecified atom stereocenters. The first kappa shape index (κ1) is 16.4. The quantitative estimate of drug-likeness (QED) is 0.615. The van der Waals surface area contributed by atoms with Crippen molar-refractivity contribution >= 4 is 23.2 Å². The molecule has 2 heterocycles. The Hall–Kier alpha value is -2.41. The van der Waals surface area contributed by atoms with Crippen molar-refractivity contribution in [2.75, 3.05) is 7.11 Å². The van der Waals surface area contributed by atoms with Crippen LogP contribution in [0.4, 0.5) is 0 Å². The van der Waals surface area contributed by atoms with E-state index in [-0.39, 0.29) is 18.0 Å². The zero-order valence-electron chi connectivity index (χ0n) is 13.6. The van der Waals surface area contributed by atoms with Crippen LogP contribution < -0.4 is 4.74 Å². The number of hydrogen-bond acceptors (Lipinski definition) is 6. The molecule has 3 rings (SSSR count). The van der Waals surface area contributed by atoms with Crippen molar-refractivity contribution in [3.8, 4) is 5.75 Å². The van der Waals surface area contributed by atoms with Crippen LogP contribution in [0.3, 0.4) is 0 Å². The highest BCUT2D eigenvalue weighted by Crippen LogP contribution is 2.44. The molecule has 0 bridgehead atoms. The number of nitrogens with zero attached hydrogens (tertiary/aromatic N) is 2. The second-order valence-electron chi connectivity index (χ2n) is 5.57. The number of carbonyl (C=O) groups excluding carboxylic acids is 2. The van der Waals surface area contributed by atoms with Gasteiger partial charge in [-0.1, -0.05) is 12.1 Å². The van der Waals surface area contributed by atoms with Crippen LogP contribution in [0.1, 0.15) is 36.4 Å². The minimum absolute atomic E-state index is 0.151. The van der Waals surface area contributed by atoms with Gasteiger partial charge in [-0.15, -0.1) is 11.3 Å². The first-order valence-electron chi connectivity index (χ1n) is 7.54. The molecule has 1 aliphatic heterocycles. The van der Waals surface area contributed by atoms with Gasteiger partial charge in [0.05, 0.1) is 23.5 Å². The van der Waals surface area contributed by atoms with Gasteiger partial charge in [0.15, 0.2) is 0 Å². The fourth-order valence-electron chi connectivity index (χ4n) is 2.91. The second-order valence-corrected chi connectivity index (χ2v) is 6.49. The van der Waals surface area contributed by atoms with Gasteiger partial charge >= 0.3 is 5.97 Å². The number of hydrogen-bond donors (Lipinski definition) is 0. The van der Waals surface area contributed by atoms with Crippen LogP contribution in [0.15, 0.2) is 36.0 Å². The maximum Gasteiger partial charge on any atom is 0.303 e. The van der Waals surface area contributed by atoms with Crippen LogP contribution in [-0.4, -0.2) is 35.0 Å². The summed E-state index contributed by atoms with van der Waals surface area (Å²) in [6.07, 6.45) is 0.940. The van der Waals surface area contributed by atoms with Crippen molar-refractivity contribution in [3.63, 3.8) is 0 Å². The second kappa shape index (κ2) is 6.60. The third kappa shape index (κ3) is 2.87. The Morgan fingerprint density at radius 2 is 2.04 bits per heavy atom. The molecule has 24 heavy (non-hydrogen) atoms. The summed E-state index contributed by atoms with van der Waals surface area (Å²) in [7, 11) is 1.61. The summed E-state index contributed by atoms with van der Waals surface area (Å²) < 4.78 is 10.4. The lowest BCUT2D eigenvalue weighted by molar-refractivity contribution is -0.186. The molecule has 1 fully saturated rings. The van der Waals surface area contributed by atoms with E-state index >= 15 is 0 Å². The van der Waals surface area contributed by atoms with Crippen molar-refractivity contribution < 1.29 is 19.1 Å². The predicted molar refractivity (Wildman–Crippen MR) is 88.7 cm³/mol. The number of thiazole rings is 1. The van der Waals surface area contributed by atoms with Crippen molar-refractivity contribution in [2.45, 2.75) is 32.0 Å². The van der Waals surface area contributed by atoms with Crippen LogP contribution in [0, 0.1) is 0 Å². The number of esters is 1. The maximum absolute atomic E-state index is 12.5. The highest BCUT2D eigenvalue weighted by atomic mass is 32.1. The Balaban J connectivity index is 1.87. The lowest BCUT2D eigenvalue weighted by Gasteiger charge is -2.48. The van der Waals surface area contributed by atoms with Gasteiger partial charge in [-0.25, -0.2) is 0 Å². The van der Waals surface area contributed by atoms with Gasteiger partial charge in [-0.2, -0.15) is 0 Å². The van der Waals surface area contributed by atoms with Crippen LogP contribution in [0.5, 0.6) is 5.75 Å². The van der Waals surface area contributed by atoms with E-state index in [4.69, 9.17) is 9.47 Å². The molecule has 0 N–H and O–H groups in total. The molecule has 3 atom stereocenters. The number of benzene rings is 1. The molecular weight excluding hydrogens is 328 g/mol. The van der Waals surface area contributed by atoms with E-state index in [1.54, 1.807) is 23.7 Å². The van der Waals surface area contributed by atoms with Gasteiger partial charge < -0.3 is 14.4 Å². The number of β-lactam (4-membered cyclic amide) rings is 1. The number of likely N-dealkylation sites (tertiary alicyclic amines) is 1. The van der Waals surface area contributed by atoms with E-state index in [1.165, 1.54) is 18.3 Å². The van der Waals surface area contributed by atoms with Gasteiger partial charge in [-0.05, 0) is 24.6 Å². The lowest BCUT2D eigenvalue weighted by atomic mass is 9.91. The molecule has 2 aromatic rings. The van der Waals surface area contributed by atoms with Crippen molar-refractivity contribution in [2.24, 2.45) is 0 Å². The predicted octanol–water partition coefficient (Wildman–Crippen LogP) is 2.73. The Bertz CT molecular complexity index is 730. The number of rotatable bonds is 5. The Morgan fingerprint density at radius 1 is 1.33 bits per heavy atom. The summed E-state index contributed by atoms with van der Waals surface area (Å²) in [5.41, 5.74) is 2.69. The van der Waals surface area contributed by atoms with E-state index in [0.29, 0.717) is 0 Å². The van der Waals surface area contributed by atoms with E-state index in [9.17, 15) is 9.59 Å². The molecule has 0 spiro atoms. The minimum Gasteiger partial charge on any atom is -0.497 e. The zero-order valence-corrected chi connectivity index (χ0v) is 14.4. The van der Waals surface area contributed by atoms with E-state index in [2.05, 4.69) is 4.98 Å². The van der Waals surface area contributed by atoms with Gasteiger partial charge in [0.1, 0.15) is 11.8 Å². The number of amides is 1. The summed E-state index contributed by atoms with van der Waals surface area (Å²) in [5.74, 6) is 0.115. The summed E-state index contributed by atoms with van der Waals surface area (Å²) in [6, 6.07) is 7.13. The normalized spacial score (nSPS) is 21.1. The Kier molecular flexibility index (Phi) is 4.53. The van der Waals surface area contributed by atoms with Crippen molar-refractivity contribution in [1.82, 2.24) is 9.88 Å². The molecule has 1 aromatic carbocycles. The molecular formula is C17H18N2O4S. The Morgan fingerprint density at radius 3 is 2.58 bits per heavy atom. The topological polar surface area (TPSA) is 68.7 Å². The maximum atomic E-state index is 12.5. The summed E-state index contributed by atoms with van der Waals surface area (Å²) in [4.78, 5) is 30.6. The number of methoxy groups -OCH3 is 1. The third-order valence-electron chi connectivity index (χ3n) is 4.14. The fourth-order valence-corrected chi connectivity index (χ4v) is 3.65. The summed E-state index contributed by atoms with van der Waals surface area (Å²) in [5, 5.41) is 0. The smallest absolute Gasteiger partial charge is 0.303 e. The van der Waals surface area contributed by atoms with Crippen molar-refractivity contribution in [3.05, 3.63) is 46.4 Å². The first-order chi connectivity index (χ1) is 11.5. The van der Waals surface area contributed by atoms with Gasteiger partial charge in [0.25, 0.3) is 5.91 Å².